The van der Waals surface area contributed by atoms with Crippen LogP contribution in [0, 0.1) is 5.92 Å². The summed E-state index contributed by atoms with van der Waals surface area (Å²) in [5.74, 6) is -7.49. The van der Waals surface area contributed by atoms with Crippen molar-refractivity contribution >= 4 is 62.5 Å². The second-order valence-electron chi connectivity index (χ2n) is 19.6. The summed E-state index contributed by atoms with van der Waals surface area (Å²) in [6, 6.07) is 8.03. The summed E-state index contributed by atoms with van der Waals surface area (Å²) in [6.45, 7) is 9.00. The number of carboxylic acid groups (broad SMARTS) is 1. The van der Waals surface area contributed by atoms with Crippen molar-refractivity contribution < 1.29 is 86.2 Å². The first-order chi connectivity index (χ1) is 36.1. The van der Waals surface area contributed by atoms with Crippen molar-refractivity contribution in [3.63, 3.8) is 0 Å². The van der Waals surface area contributed by atoms with Crippen molar-refractivity contribution in [2.45, 2.75) is 135 Å². The number of aliphatic hydroxyl groups excluding tert-OH is 3. The topological polar surface area (TPSA) is 395 Å². The highest BCUT2D eigenvalue weighted by Gasteiger charge is 2.49. The summed E-state index contributed by atoms with van der Waals surface area (Å²) in [7, 11) is -4.65. The van der Waals surface area contributed by atoms with Gasteiger partial charge in [-0.05, 0) is 74.9 Å². The van der Waals surface area contributed by atoms with Gasteiger partial charge in [-0.1, -0.05) is 45.0 Å². The molecule has 4 aromatic rings. The van der Waals surface area contributed by atoms with E-state index < -0.39 is 130 Å². The van der Waals surface area contributed by atoms with Gasteiger partial charge >= 0.3 is 18.0 Å². The molecular formula is C50H61N7O19S. The minimum Gasteiger partial charge on any atom is -0.479 e. The number of nitrogens with two attached hydrogens (primary N) is 1. The van der Waals surface area contributed by atoms with Crippen LogP contribution in [0.3, 0.4) is 0 Å². The van der Waals surface area contributed by atoms with Crippen LogP contribution < -0.4 is 32.0 Å². The first-order valence-corrected chi connectivity index (χ1v) is 26.1. The summed E-state index contributed by atoms with van der Waals surface area (Å²) < 4.78 is 55.4. The number of hydrogen-bond acceptors (Lipinski definition) is 19. The Balaban J connectivity index is 1.11. The molecule has 26 nitrogen and oxygen atoms in total. The van der Waals surface area contributed by atoms with Gasteiger partial charge in [-0.3, -0.25) is 23.7 Å². The van der Waals surface area contributed by atoms with Gasteiger partial charge in [0.15, 0.2) is 11.7 Å². The lowest BCUT2D eigenvalue weighted by Crippen LogP contribution is -2.61. The summed E-state index contributed by atoms with van der Waals surface area (Å²) in [4.78, 5) is 98.7. The fourth-order valence-corrected chi connectivity index (χ4v) is 9.86. The van der Waals surface area contributed by atoms with E-state index in [1.807, 2.05) is 18.2 Å². The van der Waals surface area contributed by atoms with Crippen LogP contribution >= 0.6 is 0 Å². The van der Waals surface area contributed by atoms with Crippen molar-refractivity contribution in [1.82, 2.24) is 25.1 Å². The molecule has 1 saturated heterocycles. The van der Waals surface area contributed by atoms with Crippen molar-refractivity contribution in [3.05, 3.63) is 86.7 Å². The van der Waals surface area contributed by atoms with Crippen LogP contribution in [0.25, 0.3) is 22.3 Å². The van der Waals surface area contributed by atoms with Gasteiger partial charge in [0.25, 0.3) is 15.7 Å². The van der Waals surface area contributed by atoms with E-state index >= 15 is 0 Å². The van der Waals surface area contributed by atoms with Crippen molar-refractivity contribution in [2.24, 2.45) is 11.7 Å². The van der Waals surface area contributed by atoms with Crippen LogP contribution in [0.15, 0.2) is 53.3 Å². The number of anilines is 1. The lowest BCUT2D eigenvalue weighted by atomic mass is 9.86. The average Bonchev–Trinajstić information content (AvgIpc) is 3.77. The number of cyclic esters (lactones) is 1. The molecule has 3 aliphatic rings. The molecule has 5 unspecified atom stereocenters. The molecule has 0 spiro atoms. The number of aliphatic carboxylic acids is 1. The maximum atomic E-state index is 14.0. The molecule has 2 aromatic carbocycles. The van der Waals surface area contributed by atoms with Gasteiger partial charge in [-0.25, -0.2) is 19.4 Å². The van der Waals surface area contributed by atoms with Gasteiger partial charge in [0.2, 0.25) is 24.0 Å². The van der Waals surface area contributed by atoms with E-state index in [1.54, 1.807) is 46.8 Å². The second-order valence-corrected chi connectivity index (χ2v) is 21.1. The zero-order chi connectivity index (χ0) is 56.6. The molecule has 3 aliphatic heterocycles. The highest BCUT2D eigenvalue weighted by Crippen LogP contribution is 2.41. The first kappa shape index (κ1) is 57.6. The number of esters is 1. The molecule has 0 saturated carbocycles. The molecule has 0 radical (unpaired) electrons. The number of hydrogen-bond donors (Lipinski definition) is 10. The maximum Gasteiger partial charge on any atom is 0.410 e. The van der Waals surface area contributed by atoms with Crippen LogP contribution in [-0.4, -0.2) is 156 Å². The van der Waals surface area contributed by atoms with Crippen LogP contribution in [0.5, 0.6) is 5.75 Å². The van der Waals surface area contributed by atoms with Crippen LogP contribution in [0.2, 0.25) is 0 Å². The normalized spacial score (nSPS) is 21.9. The molecule has 27 heteroatoms. The molecule has 1 fully saturated rings. The first-order valence-electron chi connectivity index (χ1n) is 24.5. The summed E-state index contributed by atoms with van der Waals surface area (Å²) in [6.07, 6.45) is -10.8. The molecule has 7 rings (SSSR count). The fourth-order valence-electron chi connectivity index (χ4n) is 9.26. The monoisotopic (exact) mass is 1100 g/mol. The Labute approximate surface area is 440 Å². The highest BCUT2D eigenvalue weighted by molar-refractivity contribution is 7.85. The Kier molecular flexibility index (Phi) is 17.1. The van der Waals surface area contributed by atoms with Crippen molar-refractivity contribution in [2.75, 3.05) is 17.6 Å². The minimum atomic E-state index is -4.65. The van der Waals surface area contributed by atoms with E-state index in [0.717, 1.165) is 10.9 Å². The molecule has 416 valence electrons. The number of carbonyl (C=O) groups excluding carboxylic acids is 5. The smallest absolute Gasteiger partial charge is 0.410 e. The number of ether oxygens (including phenoxy) is 4. The summed E-state index contributed by atoms with van der Waals surface area (Å²) in [5.41, 5.74) is 6.49. The SMILES string of the molecule is CC[C@@]1(O)C(=O)OCc2c1cc1n(c2=O)Cc2c-1nc1ccccc1c2CCN(C(=O)OCc1ccc(NC(=O)[C@H](C)NC(=O)[C@@H](NC(=O)[C@@H](N)CS(=O)(=O)O)C(C)C)c(OC2OC(C(=O)O)C(O)C(O)C2O)c1)C(C)C. The molecule has 77 heavy (non-hydrogen) atoms. The number of carboxylic acids is 1. The average molecular weight is 1100 g/mol. The Bertz CT molecular complexity index is 3170. The molecule has 9 atom stereocenters. The standard InChI is InChI=1S/C50H61N7O19S/c1-7-50(69)30-17-34-37-28(18-57(34)45(64)29(30)20-73-48(50)67)26(27-10-8-9-11-32(27)53-37)14-15-56(23(4)5)49(68)74-19-25-12-13-33(35(16-25)75-47-40(60)38(58)39(59)41(76-47)46(65)66)54-42(61)24(6)52-44(63)36(22(2)3)55-43(62)31(51)21-77(70,71)72/h8-13,16-17,22-24,31,36,38-41,47,58-60,69H,7,14-15,18-21,51H2,1-6H3,(H,52,63)(H,54,61)(H,55,62)(H,65,66)(H,70,71,72)/t24-,31-,36-,38?,39?,40?,41?,47?,50-/m0/s1. The molecule has 2 aromatic heterocycles. The molecular weight excluding hydrogens is 1030 g/mol. The third kappa shape index (κ3) is 12.1. The van der Waals surface area contributed by atoms with Gasteiger partial charge in [0, 0.05) is 29.1 Å². The number of rotatable bonds is 19. The number of aromatic nitrogens is 2. The van der Waals surface area contributed by atoms with Crippen molar-refractivity contribution in [3.8, 4) is 17.1 Å². The van der Waals surface area contributed by atoms with Crippen molar-refractivity contribution in [1.29, 1.82) is 0 Å². The third-order valence-corrected chi connectivity index (χ3v) is 14.4. The molecule has 4 amide bonds. The number of nitrogens with one attached hydrogen (secondary N) is 3. The van der Waals surface area contributed by atoms with Gasteiger partial charge in [0.1, 0.15) is 55.4 Å². The lowest BCUT2D eigenvalue weighted by Gasteiger charge is -2.38. The van der Waals surface area contributed by atoms with E-state index in [2.05, 4.69) is 16.0 Å². The zero-order valence-electron chi connectivity index (χ0n) is 42.7. The molecule has 5 heterocycles. The quantitative estimate of drug-likeness (QED) is 0.0376. The van der Waals surface area contributed by atoms with E-state index in [-0.39, 0.29) is 60.7 Å². The van der Waals surface area contributed by atoms with E-state index in [0.29, 0.717) is 22.5 Å². The van der Waals surface area contributed by atoms with Gasteiger partial charge in [0.05, 0.1) is 40.5 Å². The molecule has 11 N–H and O–H groups in total. The Morgan fingerprint density at radius 2 is 1.65 bits per heavy atom. The van der Waals surface area contributed by atoms with Crippen LogP contribution in [0.1, 0.15) is 75.8 Å². The number of para-hydroxylation sites is 1. The number of aliphatic hydroxyl groups is 4. The highest BCUT2D eigenvalue weighted by atomic mass is 32.2. The maximum absolute atomic E-state index is 14.0. The Morgan fingerprint density at radius 3 is 2.30 bits per heavy atom. The fraction of sp³-hybridized carbons (Fsp3) is 0.480. The molecule has 0 bridgehead atoms. The predicted molar refractivity (Wildman–Crippen MR) is 269 cm³/mol. The Morgan fingerprint density at radius 1 is 0.948 bits per heavy atom. The van der Waals surface area contributed by atoms with Crippen LogP contribution in [0.4, 0.5) is 10.5 Å². The van der Waals surface area contributed by atoms with Crippen LogP contribution in [-0.2, 0) is 80.1 Å². The second kappa shape index (κ2) is 22.8. The van der Waals surface area contributed by atoms with Gasteiger partial charge in [-0.15, -0.1) is 0 Å². The lowest BCUT2D eigenvalue weighted by molar-refractivity contribution is -0.271. The number of benzene rings is 2. The Hall–Kier alpha value is -7.11. The summed E-state index contributed by atoms with van der Waals surface area (Å²) >= 11 is 0. The molecule has 0 aliphatic carbocycles. The zero-order valence-corrected chi connectivity index (χ0v) is 43.5. The number of nitrogens with zero attached hydrogens (tertiary/aromatic N) is 3. The van der Waals surface area contributed by atoms with Gasteiger partial charge < -0.3 is 75.6 Å². The number of amides is 4. The van der Waals surface area contributed by atoms with E-state index in [9.17, 15) is 67.5 Å². The van der Waals surface area contributed by atoms with E-state index in [4.69, 9.17) is 34.2 Å². The number of fused-ring (bicyclic) bond motifs is 5. The predicted octanol–water partition coefficient (Wildman–Crippen LogP) is -0.261. The minimum absolute atomic E-state index is 0.0326. The number of carbonyl (C=O) groups is 6. The van der Waals surface area contributed by atoms with E-state index in [1.165, 1.54) is 34.6 Å². The largest absolute Gasteiger partial charge is 0.479 e. The summed E-state index contributed by atoms with van der Waals surface area (Å²) in [5, 5.41) is 60.8. The third-order valence-electron chi connectivity index (χ3n) is 13.6. The van der Waals surface area contributed by atoms with Gasteiger partial charge in [-0.2, -0.15) is 8.42 Å². The number of pyridine rings is 2.